The van der Waals surface area contributed by atoms with Gasteiger partial charge in [-0.15, -0.1) is 0 Å². The molecular formula is C15H21O5P. The van der Waals surface area contributed by atoms with E-state index in [1.54, 1.807) is 24.3 Å². The van der Waals surface area contributed by atoms with Crippen LogP contribution in [0.1, 0.15) is 24.8 Å². The lowest BCUT2D eigenvalue weighted by molar-refractivity contribution is -0.142. The van der Waals surface area contributed by atoms with E-state index < -0.39 is 19.3 Å². The minimum absolute atomic E-state index is 0.0170. The monoisotopic (exact) mass is 312 g/mol. The summed E-state index contributed by atoms with van der Waals surface area (Å²) >= 11 is 0. The predicted octanol–water partition coefficient (Wildman–Crippen LogP) is 2.73. The first-order chi connectivity index (χ1) is 9.96. The van der Waals surface area contributed by atoms with Crippen LogP contribution in [0, 0.1) is 5.92 Å². The molecule has 0 amide bonds. The van der Waals surface area contributed by atoms with Crippen molar-refractivity contribution in [3.63, 3.8) is 0 Å². The first-order valence-corrected chi connectivity index (χ1v) is 9.18. The SMILES string of the molecule is O=C(O)C(CC1CCCO1)CP(=O)(O)Cc1ccccc1. The highest BCUT2D eigenvalue weighted by atomic mass is 31.2. The van der Waals surface area contributed by atoms with Crippen molar-refractivity contribution in [1.82, 2.24) is 0 Å². The summed E-state index contributed by atoms with van der Waals surface area (Å²) in [4.78, 5) is 21.4. The van der Waals surface area contributed by atoms with Gasteiger partial charge in [-0.25, -0.2) is 0 Å². The van der Waals surface area contributed by atoms with Crippen LogP contribution in [0.3, 0.4) is 0 Å². The molecule has 6 heteroatoms. The van der Waals surface area contributed by atoms with Gasteiger partial charge in [-0.1, -0.05) is 30.3 Å². The molecule has 2 rings (SSSR count). The van der Waals surface area contributed by atoms with Gasteiger partial charge in [0.15, 0.2) is 0 Å². The third-order valence-electron chi connectivity index (χ3n) is 3.70. The highest BCUT2D eigenvalue weighted by molar-refractivity contribution is 7.57. The zero-order chi connectivity index (χ0) is 15.3. The van der Waals surface area contributed by atoms with Crippen molar-refractivity contribution in [2.45, 2.75) is 31.5 Å². The van der Waals surface area contributed by atoms with E-state index in [0.29, 0.717) is 13.0 Å². The molecule has 3 unspecified atom stereocenters. The summed E-state index contributed by atoms with van der Waals surface area (Å²) in [7, 11) is -3.52. The van der Waals surface area contributed by atoms with Crippen molar-refractivity contribution in [2.24, 2.45) is 5.92 Å². The Balaban J connectivity index is 1.97. The van der Waals surface area contributed by atoms with Crippen molar-refractivity contribution in [2.75, 3.05) is 12.8 Å². The first-order valence-electron chi connectivity index (χ1n) is 7.15. The molecular weight excluding hydrogens is 291 g/mol. The van der Waals surface area contributed by atoms with Gasteiger partial charge in [0.25, 0.3) is 0 Å². The van der Waals surface area contributed by atoms with E-state index in [4.69, 9.17) is 4.74 Å². The van der Waals surface area contributed by atoms with E-state index in [1.807, 2.05) is 6.07 Å². The van der Waals surface area contributed by atoms with Gasteiger partial charge >= 0.3 is 5.97 Å². The molecule has 116 valence electrons. The van der Waals surface area contributed by atoms with E-state index in [1.165, 1.54) is 0 Å². The lowest BCUT2D eigenvalue weighted by Gasteiger charge is -2.20. The summed E-state index contributed by atoms with van der Waals surface area (Å²) < 4.78 is 17.8. The number of ether oxygens (including phenoxy) is 1. The van der Waals surface area contributed by atoms with Crippen LogP contribution in [0.15, 0.2) is 30.3 Å². The Labute approximate surface area is 124 Å². The maximum atomic E-state index is 12.3. The number of aliphatic carboxylic acids is 1. The highest BCUT2D eigenvalue weighted by Gasteiger charge is 2.32. The molecule has 1 aliphatic rings. The van der Waals surface area contributed by atoms with Gasteiger partial charge in [0, 0.05) is 18.9 Å². The molecule has 0 spiro atoms. The van der Waals surface area contributed by atoms with Crippen LogP contribution in [0.25, 0.3) is 0 Å². The number of hydrogen-bond acceptors (Lipinski definition) is 3. The average Bonchev–Trinajstić information content (AvgIpc) is 2.91. The minimum Gasteiger partial charge on any atom is -0.481 e. The first kappa shape index (κ1) is 16.2. The predicted molar refractivity (Wildman–Crippen MR) is 79.6 cm³/mol. The summed E-state index contributed by atoms with van der Waals surface area (Å²) in [5.74, 6) is -1.85. The highest BCUT2D eigenvalue weighted by Crippen LogP contribution is 2.47. The maximum Gasteiger partial charge on any atom is 0.307 e. The zero-order valence-electron chi connectivity index (χ0n) is 11.9. The van der Waals surface area contributed by atoms with Gasteiger partial charge in [0.2, 0.25) is 7.37 Å². The lowest BCUT2D eigenvalue weighted by atomic mass is 10.0. The fourth-order valence-corrected chi connectivity index (χ4v) is 4.58. The molecule has 0 bridgehead atoms. The number of rotatable bonds is 7. The van der Waals surface area contributed by atoms with Gasteiger partial charge in [-0.05, 0) is 24.8 Å². The Morgan fingerprint density at radius 2 is 2.10 bits per heavy atom. The van der Waals surface area contributed by atoms with Crippen LogP contribution in [-0.4, -0.2) is 34.8 Å². The molecule has 3 atom stereocenters. The molecule has 0 saturated carbocycles. The van der Waals surface area contributed by atoms with Crippen LogP contribution in [-0.2, 0) is 20.3 Å². The summed E-state index contributed by atoms with van der Waals surface area (Å²) in [6.45, 7) is 0.651. The second-order valence-corrected chi connectivity index (χ2v) is 7.95. The van der Waals surface area contributed by atoms with Crippen molar-refractivity contribution < 1.29 is 24.1 Å². The molecule has 0 aromatic heterocycles. The Morgan fingerprint density at radius 3 is 2.67 bits per heavy atom. The summed E-state index contributed by atoms with van der Waals surface area (Å²) in [6.07, 6.45) is 1.80. The van der Waals surface area contributed by atoms with E-state index in [2.05, 4.69) is 0 Å². The Kier molecular flexibility index (Phi) is 5.57. The van der Waals surface area contributed by atoms with Crippen molar-refractivity contribution in [3.05, 3.63) is 35.9 Å². The summed E-state index contributed by atoms with van der Waals surface area (Å²) in [5.41, 5.74) is 0.754. The Bertz CT molecular complexity index is 510. The molecule has 1 fully saturated rings. The lowest BCUT2D eigenvalue weighted by Crippen LogP contribution is -2.24. The standard InChI is InChI=1S/C15H21O5P/c16-15(17)13(9-14-7-4-8-20-14)11-21(18,19)10-12-5-2-1-3-6-12/h1-3,5-6,13-14H,4,7-11H2,(H,16,17)(H,18,19). The fourth-order valence-electron chi connectivity index (χ4n) is 2.68. The fraction of sp³-hybridized carbons (Fsp3) is 0.533. The van der Waals surface area contributed by atoms with Crippen molar-refractivity contribution in [3.8, 4) is 0 Å². The molecule has 1 heterocycles. The van der Waals surface area contributed by atoms with Crippen molar-refractivity contribution in [1.29, 1.82) is 0 Å². The van der Waals surface area contributed by atoms with Crippen LogP contribution < -0.4 is 0 Å². The van der Waals surface area contributed by atoms with E-state index in [-0.39, 0.29) is 18.4 Å². The maximum absolute atomic E-state index is 12.3. The quantitative estimate of drug-likeness (QED) is 0.756. The normalized spacial score (nSPS) is 22.6. The minimum atomic E-state index is -3.52. The topological polar surface area (TPSA) is 83.8 Å². The average molecular weight is 312 g/mol. The second kappa shape index (κ2) is 7.21. The number of hydrogen-bond donors (Lipinski definition) is 2. The number of carboxylic acid groups (broad SMARTS) is 1. The Morgan fingerprint density at radius 1 is 1.38 bits per heavy atom. The van der Waals surface area contributed by atoms with Crippen LogP contribution in [0.5, 0.6) is 0 Å². The smallest absolute Gasteiger partial charge is 0.307 e. The molecule has 1 aromatic rings. The summed E-state index contributed by atoms with van der Waals surface area (Å²) in [5, 5.41) is 9.28. The van der Waals surface area contributed by atoms with E-state index in [9.17, 15) is 19.4 Å². The van der Waals surface area contributed by atoms with Crippen LogP contribution >= 0.6 is 7.37 Å². The van der Waals surface area contributed by atoms with Gasteiger partial charge < -0.3 is 14.7 Å². The van der Waals surface area contributed by atoms with Gasteiger partial charge in [0.05, 0.1) is 12.0 Å². The van der Waals surface area contributed by atoms with E-state index >= 15 is 0 Å². The number of carboxylic acids is 1. The molecule has 1 aliphatic heterocycles. The van der Waals surface area contributed by atoms with E-state index in [0.717, 1.165) is 18.4 Å². The largest absolute Gasteiger partial charge is 0.481 e. The molecule has 1 saturated heterocycles. The van der Waals surface area contributed by atoms with Gasteiger partial charge in [-0.2, -0.15) is 0 Å². The third-order valence-corrected chi connectivity index (χ3v) is 5.57. The Hall–Kier alpha value is -1.16. The second-order valence-electron chi connectivity index (χ2n) is 5.58. The van der Waals surface area contributed by atoms with Crippen LogP contribution in [0.4, 0.5) is 0 Å². The molecule has 2 N–H and O–H groups in total. The number of benzene rings is 1. The molecule has 1 aromatic carbocycles. The number of carbonyl (C=O) groups is 1. The molecule has 0 aliphatic carbocycles. The third kappa shape index (κ3) is 5.27. The van der Waals surface area contributed by atoms with Crippen LogP contribution in [0.2, 0.25) is 0 Å². The molecule has 21 heavy (non-hydrogen) atoms. The van der Waals surface area contributed by atoms with Gasteiger partial charge in [-0.3, -0.25) is 9.36 Å². The summed E-state index contributed by atoms with van der Waals surface area (Å²) in [6, 6.07) is 8.99. The van der Waals surface area contributed by atoms with Crippen molar-refractivity contribution >= 4 is 13.3 Å². The molecule has 0 radical (unpaired) electrons. The van der Waals surface area contributed by atoms with Gasteiger partial charge in [0.1, 0.15) is 0 Å². The molecule has 5 nitrogen and oxygen atoms in total. The zero-order valence-corrected chi connectivity index (χ0v) is 12.7.